The average Bonchev–Trinajstić information content (AvgIpc) is 3.70. The topological polar surface area (TPSA) is 149 Å². The fourth-order valence-corrected chi connectivity index (χ4v) is 6.72. The summed E-state index contributed by atoms with van der Waals surface area (Å²) in [5, 5.41) is 0. The summed E-state index contributed by atoms with van der Waals surface area (Å²) in [6.45, 7) is 11.6. The first-order valence-corrected chi connectivity index (χ1v) is 17.4. The number of nitrogens with two attached hydrogens (primary N) is 1. The van der Waals surface area contributed by atoms with Crippen LogP contribution in [-0.2, 0) is 44.6 Å². The van der Waals surface area contributed by atoms with Crippen LogP contribution in [0.15, 0.2) is 42.2 Å². The van der Waals surface area contributed by atoms with Crippen molar-refractivity contribution >= 4 is 29.6 Å². The zero-order valence-electron chi connectivity index (χ0n) is 30.6. The number of imide groups is 1. The first-order valence-electron chi connectivity index (χ1n) is 17.4. The highest BCUT2D eigenvalue weighted by atomic mass is 16.6. The Balaban J connectivity index is 1.78. The molecule has 2 aliphatic heterocycles. The van der Waals surface area contributed by atoms with Crippen molar-refractivity contribution in [1.29, 1.82) is 0 Å². The molecule has 7 atom stereocenters. The van der Waals surface area contributed by atoms with Crippen LogP contribution in [0.4, 0.5) is 0 Å². The summed E-state index contributed by atoms with van der Waals surface area (Å²) >= 11 is 0. The number of carbonyl (C=O) groups is 5. The number of likely N-dealkylation sites (tertiary alicyclic amines) is 1. The second-order valence-electron chi connectivity index (χ2n) is 13.9. The van der Waals surface area contributed by atoms with Crippen LogP contribution in [0.5, 0.6) is 0 Å². The summed E-state index contributed by atoms with van der Waals surface area (Å²) in [5.41, 5.74) is 7.11. The molecule has 12 heteroatoms. The third-order valence-corrected chi connectivity index (χ3v) is 9.91. The quantitative estimate of drug-likeness (QED) is 0.259. The molecular weight excluding hydrogens is 628 g/mol. The van der Waals surface area contributed by atoms with Gasteiger partial charge in [-0.1, -0.05) is 78.3 Å². The van der Waals surface area contributed by atoms with E-state index in [0.717, 1.165) is 16.9 Å². The number of hydrogen-bond acceptors (Lipinski definition) is 9. The lowest BCUT2D eigenvalue weighted by Gasteiger charge is -2.39. The van der Waals surface area contributed by atoms with E-state index in [9.17, 15) is 24.0 Å². The van der Waals surface area contributed by atoms with Gasteiger partial charge in [-0.25, -0.2) is 4.79 Å². The van der Waals surface area contributed by atoms with Gasteiger partial charge in [0.05, 0.1) is 31.7 Å². The normalized spacial score (nSPS) is 20.9. The summed E-state index contributed by atoms with van der Waals surface area (Å²) in [6, 6.07) is 6.72. The SMILES string of the molecule is CC[C@H](C)[C@@H]([C@@H](CC(=O)N1CCC[C@H]1C(=O)O[C@H](C(=O)N1C(=O)C=C(OC)[C@@H]1Cc1ccccc1)C(C)C)OC)N(C)C(=O)[C@@H](N)C(C)C. The Bertz CT molecular complexity index is 1350. The largest absolute Gasteiger partial charge is 0.499 e. The van der Waals surface area contributed by atoms with Gasteiger partial charge in [-0.05, 0) is 36.2 Å². The third kappa shape index (κ3) is 9.27. The van der Waals surface area contributed by atoms with Crippen molar-refractivity contribution in [2.24, 2.45) is 23.5 Å². The van der Waals surface area contributed by atoms with E-state index in [1.54, 1.807) is 25.8 Å². The summed E-state index contributed by atoms with van der Waals surface area (Å²) < 4.78 is 17.2. The number of methoxy groups -OCH3 is 2. The van der Waals surface area contributed by atoms with E-state index in [4.69, 9.17) is 19.9 Å². The zero-order valence-corrected chi connectivity index (χ0v) is 30.6. The van der Waals surface area contributed by atoms with Gasteiger partial charge in [0, 0.05) is 33.2 Å². The molecule has 1 fully saturated rings. The van der Waals surface area contributed by atoms with Crippen LogP contribution in [0.3, 0.4) is 0 Å². The number of hydrogen-bond donors (Lipinski definition) is 1. The lowest BCUT2D eigenvalue weighted by molar-refractivity contribution is -0.170. The molecule has 0 radical (unpaired) electrons. The number of rotatable bonds is 16. The van der Waals surface area contributed by atoms with E-state index >= 15 is 0 Å². The number of carbonyl (C=O) groups excluding carboxylic acids is 5. The van der Waals surface area contributed by atoms with E-state index < -0.39 is 60.1 Å². The minimum Gasteiger partial charge on any atom is -0.499 e. The second kappa shape index (κ2) is 17.8. The molecule has 2 heterocycles. The number of amides is 4. The second-order valence-corrected chi connectivity index (χ2v) is 13.9. The molecule has 0 spiro atoms. The highest BCUT2D eigenvalue weighted by Gasteiger charge is 2.45. The molecule has 3 rings (SSSR count). The van der Waals surface area contributed by atoms with Crippen LogP contribution < -0.4 is 5.73 Å². The van der Waals surface area contributed by atoms with Crippen molar-refractivity contribution < 1.29 is 38.2 Å². The Morgan fingerprint density at radius 2 is 1.67 bits per heavy atom. The van der Waals surface area contributed by atoms with Crippen molar-refractivity contribution in [2.75, 3.05) is 27.8 Å². The van der Waals surface area contributed by atoms with Crippen molar-refractivity contribution in [1.82, 2.24) is 14.7 Å². The molecule has 1 saturated heterocycles. The van der Waals surface area contributed by atoms with Gasteiger partial charge in [0.2, 0.25) is 11.8 Å². The summed E-state index contributed by atoms with van der Waals surface area (Å²) in [7, 11) is 4.65. The molecule has 1 aromatic rings. The Morgan fingerprint density at radius 3 is 2.22 bits per heavy atom. The number of esters is 1. The third-order valence-electron chi connectivity index (χ3n) is 9.91. The molecule has 272 valence electrons. The molecule has 0 bridgehead atoms. The van der Waals surface area contributed by atoms with Gasteiger partial charge in [0.1, 0.15) is 17.8 Å². The van der Waals surface area contributed by atoms with Gasteiger partial charge >= 0.3 is 5.97 Å². The minimum absolute atomic E-state index is 0.00431. The van der Waals surface area contributed by atoms with E-state index in [1.807, 2.05) is 58.0 Å². The van der Waals surface area contributed by atoms with Crippen LogP contribution in [0.2, 0.25) is 0 Å². The fourth-order valence-electron chi connectivity index (χ4n) is 6.72. The monoisotopic (exact) mass is 684 g/mol. The minimum atomic E-state index is -1.26. The van der Waals surface area contributed by atoms with Gasteiger partial charge in [0.25, 0.3) is 11.8 Å². The lowest BCUT2D eigenvalue weighted by Crippen LogP contribution is -2.56. The number of likely N-dealkylation sites (N-methyl/N-ethyl adjacent to an activating group) is 1. The maximum atomic E-state index is 14.0. The summed E-state index contributed by atoms with van der Waals surface area (Å²) in [4.78, 5) is 72.1. The van der Waals surface area contributed by atoms with Crippen molar-refractivity contribution in [3.8, 4) is 0 Å². The Kier molecular flexibility index (Phi) is 14.4. The fraction of sp³-hybridized carbons (Fsp3) is 0.649. The maximum absolute atomic E-state index is 14.0. The highest BCUT2D eigenvalue weighted by Crippen LogP contribution is 2.29. The zero-order chi connectivity index (χ0) is 36.6. The molecule has 0 unspecified atom stereocenters. The summed E-state index contributed by atoms with van der Waals surface area (Å²) in [5.74, 6) is -2.60. The standard InChI is InChI=1S/C37H56N4O8/c1-10-24(6)33(39(7)35(44)32(38)22(2)3)29(48-9)21-30(42)40-18-14-17-26(40)37(46)49-34(23(4)5)36(45)41-27(28(47-8)20-31(41)43)19-25-15-12-11-13-16-25/h11-13,15-16,20,22-24,26-27,29,32-34H,10,14,17-19,21,38H2,1-9H3/t24-,26-,27-,29+,32-,33-,34-/m0/s1. The van der Waals surface area contributed by atoms with E-state index in [1.165, 1.54) is 25.2 Å². The first kappa shape index (κ1) is 39.7. The maximum Gasteiger partial charge on any atom is 0.329 e. The molecule has 1 aromatic carbocycles. The molecule has 49 heavy (non-hydrogen) atoms. The molecule has 0 saturated carbocycles. The van der Waals surface area contributed by atoms with Crippen molar-refractivity contribution in [3.05, 3.63) is 47.7 Å². The number of benzene rings is 1. The molecule has 0 aromatic heterocycles. The average molecular weight is 685 g/mol. The van der Waals surface area contributed by atoms with Crippen molar-refractivity contribution in [3.63, 3.8) is 0 Å². The van der Waals surface area contributed by atoms with Crippen LogP contribution in [0.25, 0.3) is 0 Å². The molecule has 12 nitrogen and oxygen atoms in total. The van der Waals surface area contributed by atoms with E-state index in [0.29, 0.717) is 31.6 Å². The van der Waals surface area contributed by atoms with Crippen LogP contribution >= 0.6 is 0 Å². The lowest BCUT2D eigenvalue weighted by atomic mass is 9.90. The Morgan fingerprint density at radius 1 is 1.02 bits per heavy atom. The molecule has 4 amide bonds. The van der Waals surface area contributed by atoms with Gasteiger partial charge in [-0.2, -0.15) is 0 Å². The Labute approximate surface area is 291 Å². The van der Waals surface area contributed by atoms with Gasteiger partial charge in [0.15, 0.2) is 6.10 Å². The van der Waals surface area contributed by atoms with Crippen LogP contribution in [0, 0.1) is 17.8 Å². The van der Waals surface area contributed by atoms with Gasteiger partial charge < -0.3 is 29.7 Å². The smallest absolute Gasteiger partial charge is 0.329 e. The molecule has 2 aliphatic rings. The highest BCUT2D eigenvalue weighted by molar-refractivity contribution is 6.06. The molecule has 2 N–H and O–H groups in total. The first-order chi connectivity index (χ1) is 23.2. The van der Waals surface area contributed by atoms with E-state index in [2.05, 4.69) is 0 Å². The van der Waals surface area contributed by atoms with Gasteiger partial charge in [-0.15, -0.1) is 0 Å². The molecule has 0 aliphatic carbocycles. The van der Waals surface area contributed by atoms with Crippen molar-refractivity contribution in [2.45, 2.75) is 110 Å². The van der Waals surface area contributed by atoms with Gasteiger partial charge in [-0.3, -0.25) is 24.1 Å². The van der Waals surface area contributed by atoms with Crippen LogP contribution in [0.1, 0.15) is 72.8 Å². The predicted molar refractivity (Wildman–Crippen MR) is 185 cm³/mol. The van der Waals surface area contributed by atoms with Crippen LogP contribution in [-0.4, -0.2) is 108 Å². The number of nitrogens with zero attached hydrogens (tertiary/aromatic N) is 3. The number of ether oxygens (including phenoxy) is 3. The Hall–Kier alpha value is -3.77. The summed E-state index contributed by atoms with van der Waals surface area (Å²) in [6.07, 6.45) is 1.34. The molecular formula is C37H56N4O8. The predicted octanol–water partition coefficient (Wildman–Crippen LogP) is 3.32. The van der Waals surface area contributed by atoms with E-state index in [-0.39, 0.29) is 30.1 Å².